The highest BCUT2D eigenvalue weighted by Crippen LogP contribution is 2.17. The van der Waals surface area contributed by atoms with Gasteiger partial charge in [-0.05, 0) is 23.6 Å². The van der Waals surface area contributed by atoms with Crippen LogP contribution in [0.2, 0.25) is 0 Å². The van der Waals surface area contributed by atoms with E-state index in [0.29, 0.717) is 12.5 Å². The van der Waals surface area contributed by atoms with Gasteiger partial charge < -0.3 is 15.2 Å². The highest BCUT2D eigenvalue weighted by molar-refractivity contribution is 5.40. The van der Waals surface area contributed by atoms with Crippen LogP contribution < -0.4 is 5.32 Å². The van der Waals surface area contributed by atoms with Gasteiger partial charge in [-0.2, -0.15) is 0 Å². The smallest absolute Gasteiger partial charge is 0.126 e. The van der Waals surface area contributed by atoms with Crippen LogP contribution in [0.25, 0.3) is 0 Å². The van der Waals surface area contributed by atoms with E-state index in [1.165, 1.54) is 0 Å². The van der Waals surface area contributed by atoms with Gasteiger partial charge in [-0.15, -0.1) is 0 Å². The molecular formula is C12H20N2O2. The summed E-state index contributed by atoms with van der Waals surface area (Å²) >= 11 is 0. The van der Waals surface area contributed by atoms with E-state index < -0.39 is 0 Å². The van der Waals surface area contributed by atoms with Gasteiger partial charge in [-0.1, -0.05) is 13.8 Å². The van der Waals surface area contributed by atoms with E-state index in [2.05, 4.69) is 24.1 Å². The van der Waals surface area contributed by atoms with E-state index in [-0.39, 0.29) is 6.61 Å². The summed E-state index contributed by atoms with van der Waals surface area (Å²) in [4.78, 5) is 4.47. The van der Waals surface area contributed by atoms with Gasteiger partial charge in [0.15, 0.2) is 0 Å². The van der Waals surface area contributed by atoms with Crippen LogP contribution in [-0.4, -0.2) is 30.4 Å². The maximum atomic E-state index is 9.16. The first kappa shape index (κ1) is 12.9. The third kappa shape index (κ3) is 3.79. The van der Waals surface area contributed by atoms with E-state index in [1.54, 1.807) is 7.11 Å². The summed E-state index contributed by atoms with van der Waals surface area (Å²) in [6.07, 6.45) is 0. The van der Waals surface area contributed by atoms with E-state index in [9.17, 15) is 0 Å². The molecule has 2 N–H and O–H groups in total. The number of anilines is 1. The summed E-state index contributed by atoms with van der Waals surface area (Å²) in [6, 6.07) is 3.80. The monoisotopic (exact) mass is 224 g/mol. The highest BCUT2D eigenvalue weighted by Gasteiger charge is 2.05. The zero-order chi connectivity index (χ0) is 12.0. The minimum absolute atomic E-state index is 0.0429. The first-order valence-electron chi connectivity index (χ1n) is 5.52. The fourth-order valence-corrected chi connectivity index (χ4v) is 1.37. The molecule has 0 aliphatic heterocycles. The topological polar surface area (TPSA) is 54.4 Å². The second-order valence-corrected chi connectivity index (χ2v) is 4.02. The van der Waals surface area contributed by atoms with Crippen LogP contribution in [0.5, 0.6) is 0 Å². The molecule has 4 heteroatoms. The van der Waals surface area contributed by atoms with Crippen molar-refractivity contribution in [3.63, 3.8) is 0 Å². The minimum Gasteiger partial charge on any atom is -0.392 e. The van der Waals surface area contributed by atoms with Gasteiger partial charge in [0.2, 0.25) is 0 Å². The summed E-state index contributed by atoms with van der Waals surface area (Å²) in [7, 11) is 1.67. The Morgan fingerprint density at radius 3 is 2.75 bits per heavy atom. The molecule has 0 aliphatic carbocycles. The molecule has 1 rings (SSSR count). The Morgan fingerprint density at radius 1 is 1.44 bits per heavy atom. The molecule has 16 heavy (non-hydrogen) atoms. The quantitative estimate of drug-likeness (QED) is 0.723. The first-order chi connectivity index (χ1) is 7.67. The SMILES string of the molecule is COCCNc1cc(CO)cc(C(C)C)n1. The lowest BCUT2D eigenvalue weighted by Crippen LogP contribution is -2.10. The van der Waals surface area contributed by atoms with Crippen molar-refractivity contribution in [2.24, 2.45) is 0 Å². The predicted molar refractivity (Wildman–Crippen MR) is 64.6 cm³/mol. The van der Waals surface area contributed by atoms with Gasteiger partial charge in [-0.25, -0.2) is 4.98 Å². The first-order valence-corrected chi connectivity index (χ1v) is 5.52. The second kappa shape index (κ2) is 6.45. The van der Waals surface area contributed by atoms with Crippen LogP contribution in [0.15, 0.2) is 12.1 Å². The molecule has 0 radical (unpaired) electrons. The van der Waals surface area contributed by atoms with Crippen molar-refractivity contribution >= 4 is 5.82 Å². The summed E-state index contributed by atoms with van der Waals surface area (Å²) in [5, 5.41) is 12.3. The number of aromatic nitrogens is 1. The average Bonchev–Trinajstić information content (AvgIpc) is 2.29. The van der Waals surface area contributed by atoms with Crippen LogP contribution in [0.1, 0.15) is 31.0 Å². The molecule has 0 amide bonds. The number of nitrogens with one attached hydrogen (secondary N) is 1. The standard InChI is InChI=1S/C12H20N2O2/c1-9(2)11-6-10(8-15)7-12(14-11)13-4-5-16-3/h6-7,9,15H,4-5,8H2,1-3H3,(H,13,14). The third-order valence-electron chi connectivity index (χ3n) is 2.29. The molecule has 0 saturated heterocycles. The van der Waals surface area contributed by atoms with Gasteiger partial charge in [0.05, 0.1) is 13.2 Å². The summed E-state index contributed by atoms with van der Waals surface area (Å²) in [5.74, 6) is 1.15. The number of aliphatic hydroxyl groups is 1. The molecule has 0 atom stereocenters. The molecule has 1 heterocycles. The normalized spacial score (nSPS) is 10.8. The maximum Gasteiger partial charge on any atom is 0.126 e. The molecule has 1 aromatic heterocycles. The third-order valence-corrected chi connectivity index (χ3v) is 2.29. The molecule has 90 valence electrons. The Kier molecular flexibility index (Phi) is 5.22. The number of ether oxygens (including phenoxy) is 1. The van der Waals surface area contributed by atoms with Crippen LogP contribution in [0.3, 0.4) is 0 Å². The van der Waals surface area contributed by atoms with Crippen molar-refractivity contribution in [3.8, 4) is 0 Å². The Labute approximate surface area is 96.7 Å². The number of hydrogen-bond donors (Lipinski definition) is 2. The Balaban J connectivity index is 2.78. The van der Waals surface area contributed by atoms with Crippen molar-refractivity contribution in [1.82, 2.24) is 4.98 Å². The molecule has 1 aromatic rings. The zero-order valence-electron chi connectivity index (χ0n) is 10.2. The molecule has 0 aliphatic rings. The van der Waals surface area contributed by atoms with E-state index in [4.69, 9.17) is 9.84 Å². The molecular weight excluding hydrogens is 204 g/mol. The Bertz CT molecular complexity index is 327. The number of aliphatic hydroxyl groups excluding tert-OH is 1. The number of nitrogens with zero attached hydrogens (tertiary/aromatic N) is 1. The molecule has 0 spiro atoms. The Hall–Kier alpha value is -1.13. The van der Waals surface area contributed by atoms with Crippen molar-refractivity contribution in [2.75, 3.05) is 25.6 Å². The van der Waals surface area contributed by atoms with Gasteiger partial charge in [0.1, 0.15) is 5.82 Å². The molecule has 0 aromatic carbocycles. The lowest BCUT2D eigenvalue weighted by atomic mass is 10.1. The average molecular weight is 224 g/mol. The zero-order valence-corrected chi connectivity index (χ0v) is 10.2. The van der Waals surface area contributed by atoms with Crippen LogP contribution >= 0.6 is 0 Å². The second-order valence-electron chi connectivity index (χ2n) is 4.02. The van der Waals surface area contributed by atoms with Crippen LogP contribution in [0.4, 0.5) is 5.82 Å². The van der Waals surface area contributed by atoms with Gasteiger partial charge in [0.25, 0.3) is 0 Å². The Morgan fingerprint density at radius 2 is 2.19 bits per heavy atom. The van der Waals surface area contributed by atoms with Crippen LogP contribution in [-0.2, 0) is 11.3 Å². The minimum atomic E-state index is 0.0429. The summed E-state index contributed by atoms with van der Waals surface area (Å²) in [6.45, 7) is 5.57. The predicted octanol–water partition coefficient (Wildman–Crippen LogP) is 1.76. The van der Waals surface area contributed by atoms with Gasteiger partial charge in [0, 0.05) is 19.3 Å². The number of hydrogen-bond acceptors (Lipinski definition) is 4. The number of rotatable bonds is 6. The lowest BCUT2D eigenvalue weighted by molar-refractivity contribution is 0.210. The molecule has 0 bridgehead atoms. The van der Waals surface area contributed by atoms with Crippen LogP contribution in [0, 0.1) is 0 Å². The van der Waals surface area contributed by atoms with Gasteiger partial charge >= 0.3 is 0 Å². The van der Waals surface area contributed by atoms with E-state index in [1.807, 2.05) is 12.1 Å². The maximum absolute atomic E-state index is 9.16. The van der Waals surface area contributed by atoms with Crippen molar-refractivity contribution < 1.29 is 9.84 Å². The molecule has 0 unspecified atom stereocenters. The molecule has 0 saturated carbocycles. The molecule has 4 nitrogen and oxygen atoms in total. The number of methoxy groups -OCH3 is 1. The fraction of sp³-hybridized carbons (Fsp3) is 0.583. The van der Waals surface area contributed by atoms with Crippen molar-refractivity contribution in [2.45, 2.75) is 26.4 Å². The lowest BCUT2D eigenvalue weighted by Gasteiger charge is -2.11. The van der Waals surface area contributed by atoms with Crippen molar-refractivity contribution in [1.29, 1.82) is 0 Å². The van der Waals surface area contributed by atoms with Crippen molar-refractivity contribution in [3.05, 3.63) is 23.4 Å². The summed E-state index contributed by atoms with van der Waals surface area (Å²) < 4.78 is 4.96. The van der Waals surface area contributed by atoms with Gasteiger partial charge in [-0.3, -0.25) is 0 Å². The molecule has 0 fully saturated rings. The fourth-order valence-electron chi connectivity index (χ4n) is 1.37. The number of pyridine rings is 1. The van der Waals surface area contributed by atoms with E-state index in [0.717, 1.165) is 23.6 Å². The largest absolute Gasteiger partial charge is 0.392 e. The highest BCUT2D eigenvalue weighted by atomic mass is 16.5. The summed E-state index contributed by atoms with van der Waals surface area (Å²) in [5.41, 5.74) is 1.88. The van der Waals surface area contributed by atoms with E-state index >= 15 is 0 Å².